The van der Waals surface area contributed by atoms with Crippen LogP contribution in [0.5, 0.6) is 11.5 Å². The molecule has 2 aromatic rings. The SMILES string of the molecule is C1=C(c2ccc(OCC3CO3)c(C3CCCCC3)c2)CCC(c2ccc(OCC3CO3)cc2)C1. The van der Waals surface area contributed by atoms with Gasteiger partial charge in [-0.2, -0.15) is 0 Å². The largest absolute Gasteiger partial charge is 0.491 e. The van der Waals surface area contributed by atoms with Crippen molar-refractivity contribution in [1.82, 2.24) is 0 Å². The molecule has 2 heterocycles. The van der Waals surface area contributed by atoms with Crippen molar-refractivity contribution in [3.8, 4) is 11.5 Å². The first-order valence-electron chi connectivity index (χ1n) is 13.2. The highest BCUT2D eigenvalue weighted by atomic mass is 16.6. The second kappa shape index (κ2) is 10.1. The normalized spacial score (nSPS) is 26.6. The summed E-state index contributed by atoms with van der Waals surface area (Å²) in [6, 6.07) is 15.6. The van der Waals surface area contributed by atoms with E-state index in [2.05, 4.69) is 48.5 Å². The number of benzene rings is 2. The quantitative estimate of drug-likeness (QED) is 0.393. The van der Waals surface area contributed by atoms with Crippen LogP contribution >= 0.6 is 0 Å². The second-order valence-corrected chi connectivity index (χ2v) is 10.4. The summed E-state index contributed by atoms with van der Waals surface area (Å²) in [5.74, 6) is 3.24. The van der Waals surface area contributed by atoms with E-state index in [0.717, 1.165) is 37.6 Å². The summed E-state index contributed by atoms with van der Waals surface area (Å²) in [6.45, 7) is 3.02. The van der Waals surface area contributed by atoms with Gasteiger partial charge in [-0.05, 0) is 90.5 Å². The monoisotopic (exact) mass is 460 g/mol. The Labute approximate surface area is 203 Å². The van der Waals surface area contributed by atoms with E-state index in [1.165, 1.54) is 60.8 Å². The Hall–Kier alpha value is -2.30. The predicted molar refractivity (Wildman–Crippen MR) is 134 cm³/mol. The zero-order chi connectivity index (χ0) is 22.7. The fraction of sp³-hybridized carbons (Fsp3) is 0.533. The lowest BCUT2D eigenvalue weighted by molar-refractivity contribution is 0.258. The molecule has 0 amide bonds. The minimum absolute atomic E-state index is 0.296. The number of rotatable bonds is 9. The molecule has 3 unspecified atom stereocenters. The van der Waals surface area contributed by atoms with Crippen molar-refractivity contribution in [2.45, 2.75) is 75.4 Å². The summed E-state index contributed by atoms with van der Waals surface area (Å²) in [7, 11) is 0. The Balaban J connectivity index is 1.13. The molecule has 2 aliphatic heterocycles. The van der Waals surface area contributed by atoms with Gasteiger partial charge >= 0.3 is 0 Å². The molecule has 3 fully saturated rings. The lowest BCUT2D eigenvalue weighted by Crippen LogP contribution is -2.11. The van der Waals surface area contributed by atoms with Gasteiger partial charge in [-0.15, -0.1) is 0 Å². The van der Waals surface area contributed by atoms with Gasteiger partial charge in [0.05, 0.1) is 13.2 Å². The van der Waals surface area contributed by atoms with Crippen LogP contribution < -0.4 is 9.47 Å². The summed E-state index contributed by atoms with van der Waals surface area (Å²) in [5, 5.41) is 0. The summed E-state index contributed by atoms with van der Waals surface area (Å²) >= 11 is 0. The zero-order valence-electron chi connectivity index (χ0n) is 20.0. The Morgan fingerprint density at radius 2 is 1.50 bits per heavy atom. The molecule has 3 atom stereocenters. The van der Waals surface area contributed by atoms with E-state index in [4.69, 9.17) is 18.9 Å². The van der Waals surface area contributed by atoms with Crippen LogP contribution in [0, 0.1) is 0 Å². The van der Waals surface area contributed by atoms with Gasteiger partial charge in [-0.1, -0.05) is 43.5 Å². The summed E-state index contributed by atoms with van der Waals surface area (Å²) < 4.78 is 22.6. The number of hydrogen-bond acceptors (Lipinski definition) is 4. The number of epoxide rings is 2. The van der Waals surface area contributed by atoms with Crippen molar-refractivity contribution >= 4 is 5.57 Å². The molecule has 0 bridgehead atoms. The Bertz CT molecular complexity index is 997. The topological polar surface area (TPSA) is 43.5 Å². The van der Waals surface area contributed by atoms with Crippen LogP contribution in [0.15, 0.2) is 48.5 Å². The third kappa shape index (κ3) is 5.50. The minimum Gasteiger partial charge on any atom is -0.491 e. The molecule has 0 spiro atoms. The molecule has 180 valence electrons. The number of ether oxygens (including phenoxy) is 4. The fourth-order valence-corrected chi connectivity index (χ4v) is 5.55. The van der Waals surface area contributed by atoms with Crippen LogP contribution in [0.4, 0.5) is 0 Å². The van der Waals surface area contributed by atoms with E-state index in [-0.39, 0.29) is 0 Å². The maximum atomic E-state index is 6.21. The third-order valence-electron chi connectivity index (χ3n) is 7.85. The van der Waals surface area contributed by atoms with Crippen LogP contribution in [0.25, 0.3) is 5.57 Å². The first-order chi connectivity index (χ1) is 16.8. The molecule has 4 nitrogen and oxygen atoms in total. The molecule has 1 saturated carbocycles. The standard InChI is InChI=1S/C30H36O4/c1-2-4-24(5-3-1)29-16-25(12-15-30(29)34-20-28-19-33-28)23-8-6-21(7-9-23)22-10-13-26(14-11-22)31-17-27-18-32-27/h8,10-16,21,24,27-28H,1-7,9,17-20H2. The van der Waals surface area contributed by atoms with Crippen LogP contribution in [0.1, 0.15) is 79.9 Å². The molecule has 4 heteroatoms. The van der Waals surface area contributed by atoms with Gasteiger partial charge in [-0.25, -0.2) is 0 Å². The Kier molecular flexibility index (Phi) is 6.61. The minimum atomic E-state index is 0.296. The van der Waals surface area contributed by atoms with Gasteiger partial charge in [0.1, 0.15) is 36.9 Å². The van der Waals surface area contributed by atoms with Gasteiger partial charge in [0.2, 0.25) is 0 Å². The zero-order valence-corrected chi connectivity index (χ0v) is 20.0. The Morgan fingerprint density at radius 1 is 0.765 bits per heavy atom. The molecule has 0 radical (unpaired) electrons. The number of allylic oxidation sites excluding steroid dienone is 2. The molecular formula is C30H36O4. The van der Waals surface area contributed by atoms with E-state index in [1.807, 2.05) is 0 Å². The van der Waals surface area contributed by atoms with Crippen LogP contribution in [-0.4, -0.2) is 38.6 Å². The Morgan fingerprint density at radius 3 is 2.18 bits per heavy atom. The van der Waals surface area contributed by atoms with Crippen molar-refractivity contribution in [3.05, 3.63) is 65.2 Å². The van der Waals surface area contributed by atoms with E-state index in [9.17, 15) is 0 Å². The van der Waals surface area contributed by atoms with Gasteiger partial charge in [0.15, 0.2) is 0 Å². The fourth-order valence-electron chi connectivity index (χ4n) is 5.55. The summed E-state index contributed by atoms with van der Waals surface area (Å²) in [6.07, 6.45) is 13.1. The van der Waals surface area contributed by atoms with Crippen molar-refractivity contribution in [2.75, 3.05) is 26.4 Å². The van der Waals surface area contributed by atoms with E-state index in [1.54, 1.807) is 0 Å². The molecule has 6 rings (SSSR count). The first kappa shape index (κ1) is 22.2. The molecule has 0 N–H and O–H groups in total. The first-order valence-corrected chi connectivity index (χ1v) is 13.2. The third-order valence-corrected chi connectivity index (χ3v) is 7.85. The van der Waals surface area contributed by atoms with Crippen molar-refractivity contribution in [1.29, 1.82) is 0 Å². The lowest BCUT2D eigenvalue weighted by atomic mass is 9.80. The molecule has 2 aromatic carbocycles. The predicted octanol–water partition coefficient (Wildman–Crippen LogP) is 6.64. The maximum Gasteiger partial charge on any atom is 0.122 e. The highest BCUT2D eigenvalue weighted by molar-refractivity contribution is 5.68. The molecule has 34 heavy (non-hydrogen) atoms. The van der Waals surface area contributed by atoms with E-state index < -0.39 is 0 Å². The second-order valence-electron chi connectivity index (χ2n) is 10.4. The highest BCUT2D eigenvalue weighted by Crippen LogP contribution is 2.41. The van der Waals surface area contributed by atoms with E-state index >= 15 is 0 Å². The number of hydrogen-bond donors (Lipinski definition) is 0. The molecule has 0 aromatic heterocycles. The van der Waals surface area contributed by atoms with Gasteiger partial charge in [-0.3, -0.25) is 0 Å². The van der Waals surface area contributed by atoms with Crippen LogP contribution in [0.2, 0.25) is 0 Å². The highest BCUT2D eigenvalue weighted by Gasteiger charge is 2.26. The van der Waals surface area contributed by atoms with Crippen LogP contribution in [0.3, 0.4) is 0 Å². The molecule has 4 aliphatic rings. The van der Waals surface area contributed by atoms with Crippen LogP contribution in [-0.2, 0) is 9.47 Å². The van der Waals surface area contributed by atoms with Crippen molar-refractivity contribution in [3.63, 3.8) is 0 Å². The molecular weight excluding hydrogens is 424 g/mol. The van der Waals surface area contributed by atoms with Gasteiger partial charge < -0.3 is 18.9 Å². The van der Waals surface area contributed by atoms with Gasteiger partial charge in [0.25, 0.3) is 0 Å². The smallest absolute Gasteiger partial charge is 0.122 e. The van der Waals surface area contributed by atoms with E-state index in [0.29, 0.717) is 37.3 Å². The summed E-state index contributed by atoms with van der Waals surface area (Å²) in [5.41, 5.74) is 5.72. The molecule has 2 aliphatic carbocycles. The average Bonchev–Trinajstić information content (AvgIpc) is 3.83. The maximum absolute atomic E-state index is 6.21. The van der Waals surface area contributed by atoms with Gasteiger partial charge in [0, 0.05) is 0 Å². The summed E-state index contributed by atoms with van der Waals surface area (Å²) in [4.78, 5) is 0. The van der Waals surface area contributed by atoms with Crippen molar-refractivity contribution in [2.24, 2.45) is 0 Å². The lowest BCUT2D eigenvalue weighted by Gasteiger charge is -2.26. The van der Waals surface area contributed by atoms with Crippen molar-refractivity contribution < 1.29 is 18.9 Å². The molecule has 2 saturated heterocycles. The average molecular weight is 461 g/mol.